The third-order valence-corrected chi connectivity index (χ3v) is 5.78. The second-order valence-electron chi connectivity index (χ2n) is 8.38. The Morgan fingerprint density at radius 3 is 2.44 bits per heavy atom. The molecular weight excluding hydrogens is 318 g/mol. The third kappa shape index (κ3) is 1.80. The molecule has 0 radical (unpaired) electrons. The minimum absolute atomic E-state index is 0.187. The minimum Gasteiger partial charge on any atom is -0.324 e. The molecule has 2 saturated heterocycles. The van der Waals surface area contributed by atoms with E-state index < -0.39 is 22.9 Å². The quantitative estimate of drug-likeness (QED) is 0.702. The number of carbonyl (C=O) groups is 3. The molecule has 1 aromatic carbocycles. The van der Waals surface area contributed by atoms with Gasteiger partial charge in [0.2, 0.25) is 17.7 Å². The number of amides is 3. The summed E-state index contributed by atoms with van der Waals surface area (Å²) in [4.78, 5) is 40.7. The molecule has 25 heavy (non-hydrogen) atoms. The van der Waals surface area contributed by atoms with E-state index in [2.05, 4.69) is 10.6 Å². The second kappa shape index (κ2) is 4.69. The zero-order valence-electron chi connectivity index (χ0n) is 15.1. The number of nitrogens with one attached hydrogen (secondary N) is 2. The van der Waals surface area contributed by atoms with Crippen molar-refractivity contribution in [3.63, 3.8) is 0 Å². The smallest absolute Gasteiger partial charge is 0.250 e. The van der Waals surface area contributed by atoms with E-state index in [9.17, 15) is 14.4 Å². The zero-order chi connectivity index (χ0) is 18.3. The van der Waals surface area contributed by atoms with Gasteiger partial charge in [-0.25, -0.2) is 0 Å². The van der Waals surface area contributed by atoms with Gasteiger partial charge in [0.15, 0.2) is 0 Å². The van der Waals surface area contributed by atoms with Gasteiger partial charge in [0, 0.05) is 22.8 Å². The summed E-state index contributed by atoms with van der Waals surface area (Å²) in [5.74, 6) is -1.92. The molecule has 6 nitrogen and oxygen atoms in total. The summed E-state index contributed by atoms with van der Waals surface area (Å²) in [5.41, 5.74) is 0.698. The number of aryl methyl sites for hydroxylation is 1. The highest BCUT2D eigenvalue weighted by molar-refractivity contribution is 6.15. The molecule has 2 N–H and O–H groups in total. The SMILES string of the molecule is Cc1cccc2c1NC(=O)[C@@]21N[C@H](C)[C@@H]2C(=O)N(C(C)(C)C)C(=O)[C@H]21. The molecule has 0 unspecified atom stereocenters. The Balaban J connectivity index is 1.93. The van der Waals surface area contributed by atoms with Gasteiger partial charge in [0.05, 0.1) is 11.8 Å². The van der Waals surface area contributed by atoms with Gasteiger partial charge in [-0.05, 0) is 40.2 Å². The minimum atomic E-state index is -1.17. The largest absolute Gasteiger partial charge is 0.324 e. The lowest BCUT2D eigenvalue weighted by Gasteiger charge is -2.34. The van der Waals surface area contributed by atoms with Crippen molar-refractivity contribution >= 4 is 23.4 Å². The number of carbonyl (C=O) groups excluding carboxylic acids is 3. The third-order valence-electron chi connectivity index (χ3n) is 5.78. The lowest BCUT2D eigenvalue weighted by Crippen LogP contribution is -2.55. The maximum atomic E-state index is 13.3. The van der Waals surface area contributed by atoms with Crippen molar-refractivity contribution in [3.8, 4) is 0 Å². The van der Waals surface area contributed by atoms with E-state index in [0.29, 0.717) is 0 Å². The van der Waals surface area contributed by atoms with E-state index in [1.807, 2.05) is 52.8 Å². The Hall–Kier alpha value is -2.21. The molecule has 4 atom stereocenters. The molecule has 3 heterocycles. The maximum Gasteiger partial charge on any atom is 0.250 e. The Kier molecular flexibility index (Phi) is 3.06. The van der Waals surface area contributed by atoms with Crippen LogP contribution in [-0.4, -0.2) is 34.2 Å². The number of imide groups is 1. The van der Waals surface area contributed by atoms with Crippen LogP contribution in [0.2, 0.25) is 0 Å². The normalized spacial score (nSPS) is 33.9. The molecule has 0 aromatic heterocycles. The van der Waals surface area contributed by atoms with Crippen molar-refractivity contribution in [1.82, 2.24) is 10.2 Å². The number of fused-ring (bicyclic) bond motifs is 4. The standard InChI is InChI=1S/C19H23N3O3/c1-9-7-6-8-11-14(9)20-17(25)19(11)13-12(10(2)21-19)15(23)22(16(13)24)18(3,4)5/h6-8,10,12-13,21H,1-5H3,(H,20,25)/t10-,12+,13+,19-/m1/s1. The van der Waals surface area contributed by atoms with E-state index >= 15 is 0 Å². The Labute approximate surface area is 147 Å². The van der Waals surface area contributed by atoms with E-state index in [1.165, 1.54) is 4.90 Å². The highest BCUT2D eigenvalue weighted by Crippen LogP contribution is 2.54. The number of para-hydroxylation sites is 1. The molecule has 3 aliphatic rings. The number of nitrogens with zero attached hydrogens (tertiary/aromatic N) is 1. The van der Waals surface area contributed by atoms with Gasteiger partial charge in [0.1, 0.15) is 5.54 Å². The first-order valence-corrected chi connectivity index (χ1v) is 8.68. The van der Waals surface area contributed by atoms with Crippen LogP contribution in [0.5, 0.6) is 0 Å². The van der Waals surface area contributed by atoms with Crippen LogP contribution in [0.4, 0.5) is 5.69 Å². The van der Waals surface area contributed by atoms with Crippen LogP contribution < -0.4 is 10.6 Å². The summed E-state index contributed by atoms with van der Waals surface area (Å²) in [6.45, 7) is 9.35. The average molecular weight is 341 g/mol. The van der Waals surface area contributed by atoms with Crippen molar-refractivity contribution in [2.75, 3.05) is 5.32 Å². The molecule has 1 spiro atoms. The van der Waals surface area contributed by atoms with Crippen LogP contribution in [0.3, 0.4) is 0 Å². The molecule has 3 aliphatic heterocycles. The van der Waals surface area contributed by atoms with Gasteiger partial charge in [-0.15, -0.1) is 0 Å². The summed E-state index contributed by atoms with van der Waals surface area (Å²) in [6.07, 6.45) is 0. The van der Waals surface area contributed by atoms with Gasteiger partial charge in [-0.2, -0.15) is 0 Å². The van der Waals surface area contributed by atoms with Crippen LogP contribution in [0.25, 0.3) is 0 Å². The van der Waals surface area contributed by atoms with Crippen molar-refractivity contribution in [3.05, 3.63) is 29.3 Å². The first kappa shape index (κ1) is 16.3. The predicted octanol–water partition coefficient (Wildman–Crippen LogP) is 1.53. The van der Waals surface area contributed by atoms with Crippen molar-refractivity contribution in [1.29, 1.82) is 0 Å². The summed E-state index contributed by atoms with van der Waals surface area (Å²) < 4.78 is 0. The molecule has 3 amide bonds. The monoisotopic (exact) mass is 341 g/mol. The van der Waals surface area contributed by atoms with Crippen molar-refractivity contribution < 1.29 is 14.4 Å². The summed E-state index contributed by atoms with van der Waals surface area (Å²) in [6, 6.07) is 5.43. The number of hydrogen-bond acceptors (Lipinski definition) is 4. The fourth-order valence-electron chi connectivity index (χ4n) is 4.80. The van der Waals surface area contributed by atoms with E-state index in [-0.39, 0.29) is 23.8 Å². The number of anilines is 1. The first-order chi connectivity index (χ1) is 11.6. The van der Waals surface area contributed by atoms with Gasteiger partial charge < -0.3 is 5.32 Å². The lowest BCUT2D eigenvalue weighted by atomic mass is 9.76. The molecule has 0 saturated carbocycles. The van der Waals surface area contributed by atoms with Gasteiger partial charge in [-0.3, -0.25) is 24.6 Å². The fourth-order valence-corrected chi connectivity index (χ4v) is 4.80. The topological polar surface area (TPSA) is 78.5 Å². The lowest BCUT2D eigenvalue weighted by molar-refractivity contribution is -0.147. The van der Waals surface area contributed by atoms with Crippen LogP contribution >= 0.6 is 0 Å². The molecule has 0 aliphatic carbocycles. The van der Waals surface area contributed by atoms with Crippen LogP contribution in [-0.2, 0) is 19.9 Å². The first-order valence-electron chi connectivity index (χ1n) is 8.68. The highest BCUT2D eigenvalue weighted by Gasteiger charge is 2.70. The second-order valence-corrected chi connectivity index (χ2v) is 8.38. The van der Waals surface area contributed by atoms with E-state index in [0.717, 1.165) is 16.8 Å². The van der Waals surface area contributed by atoms with Crippen LogP contribution in [0, 0.1) is 18.8 Å². The summed E-state index contributed by atoms with van der Waals surface area (Å²) in [5, 5.41) is 6.25. The van der Waals surface area contributed by atoms with Crippen LogP contribution in [0.15, 0.2) is 18.2 Å². The van der Waals surface area contributed by atoms with Crippen LogP contribution in [0.1, 0.15) is 38.8 Å². The van der Waals surface area contributed by atoms with Gasteiger partial charge in [-0.1, -0.05) is 18.2 Å². The summed E-state index contributed by atoms with van der Waals surface area (Å²) >= 11 is 0. The van der Waals surface area contributed by atoms with Crippen molar-refractivity contribution in [2.24, 2.45) is 11.8 Å². The molecular formula is C19H23N3O3. The Bertz CT molecular complexity index is 826. The fraction of sp³-hybridized carbons (Fsp3) is 0.526. The Morgan fingerprint density at radius 1 is 1.12 bits per heavy atom. The van der Waals surface area contributed by atoms with Crippen molar-refractivity contribution in [2.45, 2.75) is 51.7 Å². The molecule has 0 bridgehead atoms. The zero-order valence-corrected chi connectivity index (χ0v) is 15.1. The number of benzene rings is 1. The average Bonchev–Trinajstić information content (AvgIpc) is 3.05. The molecule has 132 valence electrons. The number of hydrogen-bond donors (Lipinski definition) is 2. The molecule has 2 fully saturated rings. The molecule has 4 rings (SSSR count). The summed E-state index contributed by atoms with van der Waals surface area (Å²) in [7, 11) is 0. The number of likely N-dealkylation sites (tertiary alicyclic amines) is 1. The van der Waals surface area contributed by atoms with E-state index in [4.69, 9.17) is 0 Å². The maximum absolute atomic E-state index is 13.3. The number of rotatable bonds is 0. The predicted molar refractivity (Wildman–Crippen MR) is 92.7 cm³/mol. The molecule has 6 heteroatoms. The van der Waals surface area contributed by atoms with Gasteiger partial charge >= 0.3 is 0 Å². The van der Waals surface area contributed by atoms with Gasteiger partial charge in [0.25, 0.3) is 0 Å². The Morgan fingerprint density at radius 2 is 1.80 bits per heavy atom. The highest BCUT2D eigenvalue weighted by atomic mass is 16.2. The molecule has 1 aromatic rings. The van der Waals surface area contributed by atoms with E-state index in [1.54, 1.807) is 0 Å².